The summed E-state index contributed by atoms with van der Waals surface area (Å²) >= 11 is 0. The Bertz CT molecular complexity index is 471. The van der Waals surface area contributed by atoms with Gasteiger partial charge in [-0.2, -0.15) is 0 Å². The number of nitrogens with zero attached hydrogens (tertiary/aromatic N) is 2. The number of aromatic carboxylic acids is 1. The summed E-state index contributed by atoms with van der Waals surface area (Å²) in [5, 5.41) is 22.5. The van der Waals surface area contributed by atoms with Crippen LogP contribution in [-0.4, -0.2) is 27.0 Å². The van der Waals surface area contributed by atoms with Gasteiger partial charge in [-0.05, 0) is 19.3 Å². The Morgan fingerprint density at radius 2 is 2.29 bits per heavy atom. The standard InChI is InChI=1S/C10H11N3O4/c14-10(15)8-4-7(13(16)17)5-11-9(8)12-6-2-1-3-6/h4-6H,1-3H2,(H,11,12)(H,14,15). The van der Waals surface area contributed by atoms with Gasteiger partial charge in [0.05, 0.1) is 4.92 Å². The van der Waals surface area contributed by atoms with E-state index in [4.69, 9.17) is 5.11 Å². The van der Waals surface area contributed by atoms with E-state index in [0.717, 1.165) is 31.5 Å². The normalized spacial score (nSPS) is 15.1. The van der Waals surface area contributed by atoms with Crippen molar-refractivity contribution in [3.63, 3.8) is 0 Å². The Kier molecular flexibility index (Phi) is 2.90. The van der Waals surface area contributed by atoms with Crippen LogP contribution in [0.5, 0.6) is 0 Å². The van der Waals surface area contributed by atoms with Crippen LogP contribution >= 0.6 is 0 Å². The molecule has 0 unspecified atom stereocenters. The van der Waals surface area contributed by atoms with Gasteiger partial charge in [0.1, 0.15) is 17.6 Å². The fourth-order valence-corrected chi connectivity index (χ4v) is 1.58. The molecule has 1 fully saturated rings. The lowest BCUT2D eigenvalue weighted by Crippen LogP contribution is -2.28. The quantitative estimate of drug-likeness (QED) is 0.609. The highest BCUT2D eigenvalue weighted by Gasteiger charge is 2.22. The van der Waals surface area contributed by atoms with E-state index in [1.165, 1.54) is 0 Å². The molecular formula is C10H11N3O4. The van der Waals surface area contributed by atoms with Crippen molar-refractivity contribution >= 4 is 17.5 Å². The molecule has 1 aromatic heterocycles. The summed E-state index contributed by atoms with van der Waals surface area (Å²) in [6, 6.07) is 1.25. The van der Waals surface area contributed by atoms with Crippen LogP contribution in [0.3, 0.4) is 0 Å². The average molecular weight is 237 g/mol. The lowest BCUT2D eigenvalue weighted by Gasteiger charge is -2.27. The van der Waals surface area contributed by atoms with Crippen LogP contribution in [0.1, 0.15) is 29.6 Å². The summed E-state index contributed by atoms with van der Waals surface area (Å²) in [5.41, 5.74) is -0.479. The van der Waals surface area contributed by atoms with Gasteiger partial charge in [0.2, 0.25) is 0 Å². The summed E-state index contributed by atoms with van der Waals surface area (Å²) in [7, 11) is 0. The fourth-order valence-electron chi connectivity index (χ4n) is 1.58. The molecule has 1 aliphatic rings. The van der Waals surface area contributed by atoms with Gasteiger partial charge in [-0.1, -0.05) is 0 Å². The lowest BCUT2D eigenvalue weighted by molar-refractivity contribution is -0.385. The third-order valence-corrected chi connectivity index (χ3v) is 2.76. The van der Waals surface area contributed by atoms with Crippen molar-refractivity contribution in [1.29, 1.82) is 0 Å². The predicted octanol–water partition coefficient (Wildman–Crippen LogP) is 1.65. The van der Waals surface area contributed by atoms with Gasteiger partial charge in [0.25, 0.3) is 5.69 Å². The summed E-state index contributed by atoms with van der Waals surface area (Å²) < 4.78 is 0. The highest BCUT2D eigenvalue weighted by Crippen LogP contribution is 2.25. The maximum atomic E-state index is 11.0. The number of carbonyl (C=O) groups is 1. The van der Waals surface area contributed by atoms with Gasteiger partial charge in [-0.3, -0.25) is 10.1 Å². The molecule has 1 aliphatic carbocycles. The smallest absolute Gasteiger partial charge is 0.339 e. The first-order valence-corrected chi connectivity index (χ1v) is 5.22. The molecule has 0 saturated heterocycles. The minimum atomic E-state index is -1.22. The van der Waals surface area contributed by atoms with Crippen molar-refractivity contribution < 1.29 is 14.8 Å². The number of nitrogens with one attached hydrogen (secondary N) is 1. The maximum Gasteiger partial charge on any atom is 0.339 e. The van der Waals surface area contributed by atoms with Gasteiger partial charge in [-0.25, -0.2) is 9.78 Å². The van der Waals surface area contributed by atoms with Crippen LogP contribution in [0.15, 0.2) is 12.3 Å². The first-order valence-electron chi connectivity index (χ1n) is 5.22. The topological polar surface area (TPSA) is 105 Å². The van der Waals surface area contributed by atoms with Crippen LogP contribution in [0.2, 0.25) is 0 Å². The molecule has 1 aromatic rings. The summed E-state index contributed by atoms with van der Waals surface area (Å²) in [6.45, 7) is 0. The number of carboxylic acids is 1. The minimum absolute atomic E-state index is 0.161. The SMILES string of the molecule is O=C(O)c1cc([N+](=O)[O-])cnc1NC1CCC1. The number of carboxylic acid groups (broad SMARTS) is 1. The largest absolute Gasteiger partial charge is 0.478 e. The third kappa shape index (κ3) is 2.32. The Labute approximate surface area is 96.6 Å². The Morgan fingerprint density at radius 1 is 1.59 bits per heavy atom. The molecule has 2 N–H and O–H groups in total. The van der Waals surface area contributed by atoms with E-state index < -0.39 is 10.9 Å². The van der Waals surface area contributed by atoms with E-state index in [9.17, 15) is 14.9 Å². The molecule has 17 heavy (non-hydrogen) atoms. The molecule has 90 valence electrons. The maximum absolute atomic E-state index is 11.0. The molecule has 0 spiro atoms. The molecule has 0 bridgehead atoms. The molecule has 0 aromatic carbocycles. The second kappa shape index (κ2) is 4.36. The van der Waals surface area contributed by atoms with Gasteiger partial charge in [-0.15, -0.1) is 0 Å². The number of hydrogen-bond donors (Lipinski definition) is 2. The predicted molar refractivity (Wildman–Crippen MR) is 59.1 cm³/mol. The fraction of sp³-hybridized carbons (Fsp3) is 0.400. The van der Waals surface area contributed by atoms with E-state index in [1.807, 2.05) is 0 Å². The molecule has 7 nitrogen and oxygen atoms in total. The first kappa shape index (κ1) is 11.3. The van der Waals surface area contributed by atoms with Gasteiger partial charge < -0.3 is 10.4 Å². The van der Waals surface area contributed by atoms with Gasteiger partial charge in [0, 0.05) is 12.1 Å². The summed E-state index contributed by atoms with van der Waals surface area (Å²) in [5.74, 6) is -1.02. The van der Waals surface area contributed by atoms with E-state index in [-0.39, 0.29) is 23.1 Å². The number of anilines is 1. The second-order valence-electron chi connectivity index (χ2n) is 3.92. The van der Waals surface area contributed by atoms with Gasteiger partial charge >= 0.3 is 5.97 Å². The van der Waals surface area contributed by atoms with Crippen molar-refractivity contribution in [2.45, 2.75) is 25.3 Å². The molecule has 2 rings (SSSR count). The minimum Gasteiger partial charge on any atom is -0.478 e. The summed E-state index contributed by atoms with van der Waals surface area (Å²) in [6.07, 6.45) is 4.11. The molecule has 0 radical (unpaired) electrons. The Balaban J connectivity index is 2.30. The van der Waals surface area contributed by atoms with Crippen LogP contribution in [-0.2, 0) is 0 Å². The van der Waals surface area contributed by atoms with Crippen molar-refractivity contribution in [3.05, 3.63) is 27.9 Å². The van der Waals surface area contributed by atoms with Crippen molar-refractivity contribution in [3.8, 4) is 0 Å². The zero-order valence-electron chi connectivity index (χ0n) is 8.92. The van der Waals surface area contributed by atoms with Crippen LogP contribution in [0.4, 0.5) is 11.5 Å². The highest BCUT2D eigenvalue weighted by atomic mass is 16.6. The first-order chi connectivity index (χ1) is 8.08. The third-order valence-electron chi connectivity index (χ3n) is 2.76. The van der Waals surface area contributed by atoms with Crippen molar-refractivity contribution in [1.82, 2.24) is 4.98 Å². The van der Waals surface area contributed by atoms with E-state index in [2.05, 4.69) is 10.3 Å². The molecule has 0 atom stereocenters. The molecule has 7 heteroatoms. The zero-order chi connectivity index (χ0) is 12.4. The van der Waals surface area contributed by atoms with Crippen LogP contribution in [0, 0.1) is 10.1 Å². The molecule has 0 aliphatic heterocycles. The molecular weight excluding hydrogens is 226 g/mol. The van der Waals surface area contributed by atoms with Crippen molar-refractivity contribution in [2.24, 2.45) is 0 Å². The molecule has 0 amide bonds. The highest BCUT2D eigenvalue weighted by molar-refractivity contribution is 5.93. The van der Waals surface area contributed by atoms with E-state index >= 15 is 0 Å². The number of nitro groups is 1. The summed E-state index contributed by atoms with van der Waals surface area (Å²) in [4.78, 5) is 24.7. The van der Waals surface area contributed by atoms with Crippen LogP contribution in [0.25, 0.3) is 0 Å². The number of hydrogen-bond acceptors (Lipinski definition) is 5. The monoisotopic (exact) mass is 237 g/mol. The Hall–Kier alpha value is -2.18. The Morgan fingerprint density at radius 3 is 2.76 bits per heavy atom. The van der Waals surface area contributed by atoms with Crippen molar-refractivity contribution in [2.75, 3.05) is 5.32 Å². The average Bonchev–Trinajstić information content (AvgIpc) is 2.23. The number of rotatable bonds is 4. The molecule has 1 saturated carbocycles. The number of aromatic nitrogens is 1. The van der Waals surface area contributed by atoms with E-state index in [0.29, 0.717) is 0 Å². The van der Waals surface area contributed by atoms with Crippen LogP contribution < -0.4 is 5.32 Å². The van der Waals surface area contributed by atoms with E-state index in [1.54, 1.807) is 0 Å². The zero-order valence-corrected chi connectivity index (χ0v) is 8.92. The lowest BCUT2D eigenvalue weighted by atomic mass is 9.93. The van der Waals surface area contributed by atoms with Gasteiger partial charge in [0.15, 0.2) is 0 Å². The number of pyridine rings is 1. The molecule has 1 heterocycles. The second-order valence-corrected chi connectivity index (χ2v) is 3.92.